The summed E-state index contributed by atoms with van der Waals surface area (Å²) >= 11 is 3.28. The summed E-state index contributed by atoms with van der Waals surface area (Å²) in [5.41, 5.74) is 0.656. The van der Waals surface area contributed by atoms with Crippen LogP contribution in [0.1, 0.15) is 22.2 Å². The summed E-state index contributed by atoms with van der Waals surface area (Å²) < 4.78 is 33.9. The number of hydrogen-bond acceptors (Lipinski definition) is 5. The van der Waals surface area contributed by atoms with Crippen molar-refractivity contribution in [2.75, 3.05) is 25.4 Å². The van der Waals surface area contributed by atoms with Crippen LogP contribution >= 0.6 is 15.9 Å². The number of benzene rings is 2. The minimum absolute atomic E-state index is 0.122. The zero-order valence-corrected chi connectivity index (χ0v) is 18.9. The molecular weight excluding hydrogens is 470 g/mol. The Labute approximate surface area is 184 Å². The Bertz CT molecular complexity index is 1100. The van der Waals surface area contributed by atoms with Gasteiger partial charge < -0.3 is 9.73 Å². The summed E-state index contributed by atoms with van der Waals surface area (Å²) in [5, 5.41) is 2.87. The third-order valence-electron chi connectivity index (χ3n) is 4.45. The molecule has 0 fully saturated rings. The van der Waals surface area contributed by atoms with Crippen molar-refractivity contribution in [2.45, 2.75) is 10.9 Å². The van der Waals surface area contributed by atoms with Gasteiger partial charge >= 0.3 is 0 Å². The van der Waals surface area contributed by atoms with Crippen LogP contribution in [0.3, 0.4) is 0 Å². The van der Waals surface area contributed by atoms with Gasteiger partial charge in [-0.05, 0) is 68.7 Å². The van der Waals surface area contributed by atoms with E-state index in [0.717, 1.165) is 10.2 Å². The summed E-state index contributed by atoms with van der Waals surface area (Å²) in [6.45, 7) is 0.341. The van der Waals surface area contributed by atoms with E-state index in [0.29, 0.717) is 17.8 Å². The molecule has 1 atom stereocenters. The van der Waals surface area contributed by atoms with Crippen molar-refractivity contribution in [3.05, 3.63) is 82.7 Å². The lowest BCUT2D eigenvalue weighted by molar-refractivity contribution is 0.0939. The first kappa shape index (κ1) is 22.1. The van der Waals surface area contributed by atoms with Gasteiger partial charge in [0.05, 0.1) is 17.2 Å². The molecule has 0 saturated carbocycles. The van der Waals surface area contributed by atoms with E-state index in [4.69, 9.17) is 4.42 Å². The molecule has 0 spiro atoms. The van der Waals surface area contributed by atoms with Gasteiger partial charge in [0.15, 0.2) is 0 Å². The Kier molecular flexibility index (Phi) is 6.96. The second kappa shape index (κ2) is 9.46. The zero-order valence-electron chi connectivity index (χ0n) is 16.5. The number of likely N-dealkylation sites (N-methyl/N-ethyl adjacent to an activating group) is 1. The molecule has 2 N–H and O–H groups in total. The fraction of sp³-hybridized carbons (Fsp3) is 0.190. The van der Waals surface area contributed by atoms with Crippen LogP contribution in [-0.2, 0) is 10.0 Å². The van der Waals surface area contributed by atoms with Gasteiger partial charge in [0.2, 0.25) is 0 Å². The summed E-state index contributed by atoms with van der Waals surface area (Å²) in [6, 6.07) is 16.2. The number of halogens is 1. The van der Waals surface area contributed by atoms with Crippen molar-refractivity contribution < 1.29 is 17.6 Å². The second-order valence-electron chi connectivity index (χ2n) is 6.85. The highest BCUT2D eigenvalue weighted by molar-refractivity contribution is 9.10. The average Bonchev–Trinajstić information content (AvgIpc) is 3.22. The molecule has 30 heavy (non-hydrogen) atoms. The minimum atomic E-state index is -3.76. The summed E-state index contributed by atoms with van der Waals surface area (Å²) in [4.78, 5) is 14.7. The number of carbonyl (C=O) groups is 1. The van der Waals surface area contributed by atoms with Gasteiger partial charge in [-0.1, -0.05) is 22.0 Å². The minimum Gasteiger partial charge on any atom is -0.468 e. The maximum absolute atomic E-state index is 12.6. The number of nitrogens with zero attached hydrogens (tertiary/aromatic N) is 1. The van der Waals surface area contributed by atoms with Crippen LogP contribution in [0.2, 0.25) is 0 Å². The number of amides is 1. The molecule has 2 aromatic carbocycles. The van der Waals surface area contributed by atoms with E-state index in [-0.39, 0.29) is 16.8 Å². The van der Waals surface area contributed by atoms with E-state index < -0.39 is 10.0 Å². The molecule has 158 valence electrons. The van der Waals surface area contributed by atoms with Gasteiger partial charge in [0.1, 0.15) is 5.76 Å². The SMILES string of the molecule is CN(C)[C@H](CNC(=O)c1cccc(NS(=O)(=O)c2ccc(Br)cc2)c1)c1ccco1. The highest BCUT2D eigenvalue weighted by Gasteiger charge is 2.19. The third kappa shape index (κ3) is 5.50. The standard InChI is InChI=1S/C21H22BrN3O4S/c1-25(2)19(20-7-4-12-29-20)14-23-21(26)15-5-3-6-17(13-15)24-30(27,28)18-10-8-16(22)9-11-18/h3-13,19,24H,14H2,1-2H3,(H,23,26)/t19-/m1/s1. The lowest BCUT2D eigenvalue weighted by Crippen LogP contribution is -2.34. The highest BCUT2D eigenvalue weighted by atomic mass is 79.9. The van der Waals surface area contributed by atoms with E-state index in [1.165, 1.54) is 18.2 Å². The Morgan fingerprint density at radius 1 is 1.10 bits per heavy atom. The van der Waals surface area contributed by atoms with Crippen molar-refractivity contribution in [3.8, 4) is 0 Å². The molecule has 0 bridgehead atoms. The number of rotatable bonds is 8. The van der Waals surface area contributed by atoms with E-state index in [1.807, 2.05) is 25.1 Å². The first-order valence-electron chi connectivity index (χ1n) is 9.13. The number of furan rings is 1. The predicted octanol–water partition coefficient (Wildman–Crippen LogP) is 3.88. The fourth-order valence-electron chi connectivity index (χ4n) is 2.86. The van der Waals surface area contributed by atoms with Gasteiger partial charge in [-0.3, -0.25) is 14.4 Å². The quantitative estimate of drug-likeness (QED) is 0.498. The maximum atomic E-state index is 12.6. The molecule has 1 aromatic heterocycles. The van der Waals surface area contributed by atoms with Gasteiger partial charge in [-0.25, -0.2) is 8.42 Å². The van der Waals surface area contributed by atoms with Crippen molar-refractivity contribution in [1.82, 2.24) is 10.2 Å². The molecule has 0 aliphatic carbocycles. The monoisotopic (exact) mass is 491 g/mol. The average molecular weight is 492 g/mol. The molecule has 0 unspecified atom stereocenters. The van der Waals surface area contributed by atoms with Gasteiger partial charge in [-0.2, -0.15) is 0 Å². The molecular formula is C21H22BrN3O4S. The van der Waals surface area contributed by atoms with Crippen LogP contribution < -0.4 is 10.0 Å². The molecule has 0 aliphatic rings. The van der Waals surface area contributed by atoms with Crippen LogP contribution in [0.4, 0.5) is 5.69 Å². The highest BCUT2D eigenvalue weighted by Crippen LogP contribution is 2.20. The third-order valence-corrected chi connectivity index (χ3v) is 6.38. The summed E-state index contributed by atoms with van der Waals surface area (Å²) in [6.07, 6.45) is 1.59. The van der Waals surface area contributed by atoms with Crippen LogP contribution in [0, 0.1) is 0 Å². The Balaban J connectivity index is 1.70. The number of sulfonamides is 1. The number of nitrogens with one attached hydrogen (secondary N) is 2. The first-order valence-corrected chi connectivity index (χ1v) is 11.4. The van der Waals surface area contributed by atoms with Gasteiger partial charge in [0.25, 0.3) is 15.9 Å². The molecule has 0 radical (unpaired) electrons. The number of hydrogen-bond donors (Lipinski definition) is 2. The van der Waals surface area contributed by atoms with Gasteiger partial charge in [-0.15, -0.1) is 0 Å². The van der Waals surface area contributed by atoms with Crippen LogP contribution in [0.15, 0.2) is 80.7 Å². The molecule has 0 aliphatic heterocycles. The van der Waals surface area contributed by atoms with Gasteiger partial charge in [0, 0.05) is 22.3 Å². The molecule has 3 aromatic rings. The predicted molar refractivity (Wildman–Crippen MR) is 119 cm³/mol. The normalized spacial score (nSPS) is 12.5. The molecule has 1 amide bonds. The molecule has 0 saturated heterocycles. The van der Waals surface area contributed by atoms with E-state index >= 15 is 0 Å². The molecule has 1 heterocycles. The fourth-order valence-corrected chi connectivity index (χ4v) is 4.18. The summed E-state index contributed by atoms with van der Waals surface area (Å²) in [7, 11) is 0.0386. The summed E-state index contributed by atoms with van der Waals surface area (Å²) in [5.74, 6) is 0.439. The van der Waals surface area contributed by atoms with Crippen LogP contribution in [0.5, 0.6) is 0 Å². The second-order valence-corrected chi connectivity index (χ2v) is 9.44. The molecule has 9 heteroatoms. The van der Waals surface area contributed by atoms with Crippen molar-refractivity contribution in [2.24, 2.45) is 0 Å². The Hall–Kier alpha value is -2.62. The van der Waals surface area contributed by atoms with E-state index in [1.54, 1.807) is 42.7 Å². The lowest BCUT2D eigenvalue weighted by atomic mass is 10.1. The number of carbonyl (C=O) groups excluding carboxylic acids is 1. The molecule has 3 rings (SSSR count). The lowest BCUT2D eigenvalue weighted by Gasteiger charge is -2.22. The van der Waals surface area contributed by atoms with Crippen molar-refractivity contribution >= 4 is 37.5 Å². The zero-order chi connectivity index (χ0) is 21.7. The Morgan fingerprint density at radius 2 is 1.83 bits per heavy atom. The van der Waals surface area contributed by atoms with E-state index in [9.17, 15) is 13.2 Å². The molecule has 7 nitrogen and oxygen atoms in total. The smallest absolute Gasteiger partial charge is 0.261 e. The van der Waals surface area contributed by atoms with Crippen molar-refractivity contribution in [3.63, 3.8) is 0 Å². The Morgan fingerprint density at radius 3 is 2.47 bits per heavy atom. The largest absolute Gasteiger partial charge is 0.468 e. The van der Waals surface area contributed by atoms with E-state index in [2.05, 4.69) is 26.0 Å². The maximum Gasteiger partial charge on any atom is 0.261 e. The first-order chi connectivity index (χ1) is 14.3. The van der Waals surface area contributed by atoms with Crippen LogP contribution in [-0.4, -0.2) is 39.9 Å². The van der Waals surface area contributed by atoms with Crippen molar-refractivity contribution in [1.29, 1.82) is 0 Å². The topological polar surface area (TPSA) is 91.7 Å². The number of anilines is 1. The van der Waals surface area contributed by atoms with Crippen LogP contribution in [0.25, 0.3) is 0 Å².